The highest BCUT2D eigenvalue weighted by Crippen LogP contribution is 2.27. The molecule has 0 amide bonds. The fourth-order valence-corrected chi connectivity index (χ4v) is 3.87. The van der Waals surface area contributed by atoms with Gasteiger partial charge in [0.1, 0.15) is 9.84 Å². The SMILES string of the molecule is CCS(=O)(=O)CCCN1CC(C(C)C)NCC1C(C)(C)C. The summed E-state index contributed by atoms with van der Waals surface area (Å²) in [6.45, 7) is 15.9. The first-order valence-corrected chi connectivity index (χ1v) is 10.1. The van der Waals surface area contributed by atoms with Gasteiger partial charge < -0.3 is 5.32 Å². The van der Waals surface area contributed by atoms with Crippen molar-refractivity contribution < 1.29 is 8.42 Å². The van der Waals surface area contributed by atoms with E-state index < -0.39 is 9.84 Å². The fourth-order valence-electron chi connectivity index (χ4n) is 3.02. The Hall–Kier alpha value is -0.130. The van der Waals surface area contributed by atoms with Crippen LogP contribution in [-0.4, -0.2) is 56.5 Å². The molecule has 0 radical (unpaired) electrons. The van der Waals surface area contributed by atoms with E-state index >= 15 is 0 Å². The molecule has 0 aromatic heterocycles. The first-order valence-electron chi connectivity index (χ1n) is 8.24. The van der Waals surface area contributed by atoms with Crippen molar-refractivity contribution >= 4 is 9.84 Å². The molecule has 4 nitrogen and oxygen atoms in total. The van der Waals surface area contributed by atoms with E-state index in [1.54, 1.807) is 6.92 Å². The van der Waals surface area contributed by atoms with Gasteiger partial charge in [0, 0.05) is 30.9 Å². The van der Waals surface area contributed by atoms with Crippen molar-refractivity contribution in [1.29, 1.82) is 0 Å². The van der Waals surface area contributed by atoms with Crippen molar-refractivity contribution in [3.63, 3.8) is 0 Å². The second kappa shape index (κ2) is 7.42. The predicted molar refractivity (Wildman–Crippen MR) is 90.4 cm³/mol. The summed E-state index contributed by atoms with van der Waals surface area (Å²) in [4.78, 5) is 2.51. The van der Waals surface area contributed by atoms with Crippen LogP contribution < -0.4 is 5.32 Å². The van der Waals surface area contributed by atoms with Crippen LogP contribution in [0.3, 0.4) is 0 Å². The molecule has 1 rings (SSSR count). The molecule has 0 saturated carbocycles. The maximum Gasteiger partial charge on any atom is 0.150 e. The molecule has 0 aromatic rings. The third-order valence-corrected chi connectivity index (χ3v) is 6.38. The van der Waals surface area contributed by atoms with E-state index in [0.29, 0.717) is 23.8 Å². The summed E-state index contributed by atoms with van der Waals surface area (Å²) in [5.41, 5.74) is 0.207. The lowest BCUT2D eigenvalue weighted by atomic mass is 9.83. The van der Waals surface area contributed by atoms with E-state index in [1.165, 1.54) is 0 Å². The van der Waals surface area contributed by atoms with Crippen LogP contribution in [-0.2, 0) is 9.84 Å². The van der Waals surface area contributed by atoms with E-state index in [2.05, 4.69) is 44.8 Å². The van der Waals surface area contributed by atoms with Gasteiger partial charge in [-0.1, -0.05) is 41.5 Å². The van der Waals surface area contributed by atoms with Crippen molar-refractivity contribution in [1.82, 2.24) is 10.2 Å². The fraction of sp³-hybridized carbons (Fsp3) is 1.00. The van der Waals surface area contributed by atoms with Gasteiger partial charge in [0.25, 0.3) is 0 Å². The molecule has 0 aromatic carbocycles. The lowest BCUT2D eigenvalue weighted by Gasteiger charge is -2.47. The quantitative estimate of drug-likeness (QED) is 0.815. The summed E-state index contributed by atoms with van der Waals surface area (Å²) in [6.07, 6.45) is 0.744. The summed E-state index contributed by atoms with van der Waals surface area (Å²) in [5.74, 6) is 1.18. The highest BCUT2D eigenvalue weighted by Gasteiger charge is 2.35. The lowest BCUT2D eigenvalue weighted by molar-refractivity contribution is 0.0465. The second-order valence-electron chi connectivity index (χ2n) is 7.73. The standard InChI is InChI=1S/C16H34N2O2S/c1-7-21(19,20)10-8-9-18-12-14(13(2)3)17-11-15(18)16(4,5)6/h13-15,17H,7-12H2,1-6H3. The summed E-state index contributed by atoms with van der Waals surface area (Å²) in [6, 6.07) is 0.975. The monoisotopic (exact) mass is 318 g/mol. The zero-order chi connectivity index (χ0) is 16.3. The van der Waals surface area contributed by atoms with E-state index in [-0.39, 0.29) is 11.2 Å². The van der Waals surface area contributed by atoms with Gasteiger partial charge >= 0.3 is 0 Å². The second-order valence-corrected chi connectivity index (χ2v) is 10.2. The van der Waals surface area contributed by atoms with Crippen LogP contribution in [0.4, 0.5) is 0 Å². The Labute approximate surface area is 131 Å². The number of sulfone groups is 1. The van der Waals surface area contributed by atoms with E-state index in [0.717, 1.165) is 26.1 Å². The first-order chi connectivity index (χ1) is 9.57. The molecule has 0 aliphatic carbocycles. The molecule has 1 saturated heterocycles. The summed E-state index contributed by atoms with van der Waals surface area (Å²) in [5, 5.41) is 3.66. The maximum absolute atomic E-state index is 11.7. The van der Waals surface area contributed by atoms with Crippen LogP contribution in [0, 0.1) is 11.3 Å². The topological polar surface area (TPSA) is 49.4 Å². The summed E-state index contributed by atoms with van der Waals surface area (Å²) in [7, 11) is -2.85. The average Bonchev–Trinajstić information content (AvgIpc) is 2.37. The smallest absolute Gasteiger partial charge is 0.150 e. The highest BCUT2D eigenvalue weighted by atomic mass is 32.2. The van der Waals surface area contributed by atoms with Gasteiger partial charge in [0.15, 0.2) is 0 Å². The van der Waals surface area contributed by atoms with Crippen LogP contribution in [0.2, 0.25) is 0 Å². The first kappa shape index (κ1) is 18.9. The minimum Gasteiger partial charge on any atom is -0.311 e. The molecule has 1 aliphatic rings. The Kier molecular flexibility index (Phi) is 6.69. The minimum atomic E-state index is -2.85. The predicted octanol–water partition coefficient (Wildman–Crippen LogP) is 2.16. The van der Waals surface area contributed by atoms with Crippen molar-refractivity contribution in [2.24, 2.45) is 11.3 Å². The highest BCUT2D eigenvalue weighted by molar-refractivity contribution is 7.91. The van der Waals surface area contributed by atoms with Crippen LogP contribution >= 0.6 is 0 Å². The van der Waals surface area contributed by atoms with Crippen molar-refractivity contribution in [2.75, 3.05) is 31.1 Å². The number of piperazine rings is 1. The van der Waals surface area contributed by atoms with Crippen molar-refractivity contribution in [3.8, 4) is 0 Å². The Morgan fingerprint density at radius 2 is 1.90 bits per heavy atom. The largest absolute Gasteiger partial charge is 0.311 e. The van der Waals surface area contributed by atoms with Crippen LogP contribution in [0.25, 0.3) is 0 Å². The third-order valence-electron chi connectivity index (χ3n) is 4.59. The Morgan fingerprint density at radius 1 is 1.29 bits per heavy atom. The molecule has 21 heavy (non-hydrogen) atoms. The molecular formula is C16H34N2O2S. The number of nitrogens with one attached hydrogen (secondary N) is 1. The molecule has 0 spiro atoms. The normalized spacial score (nSPS) is 25.5. The lowest BCUT2D eigenvalue weighted by Crippen LogP contribution is -2.61. The molecule has 0 bridgehead atoms. The molecular weight excluding hydrogens is 284 g/mol. The van der Waals surface area contributed by atoms with Crippen LogP contribution in [0.5, 0.6) is 0 Å². The van der Waals surface area contributed by atoms with Crippen molar-refractivity contribution in [2.45, 2.75) is 60.0 Å². The number of nitrogens with zero attached hydrogens (tertiary/aromatic N) is 1. The number of rotatable bonds is 6. The zero-order valence-corrected chi connectivity index (χ0v) is 15.5. The van der Waals surface area contributed by atoms with Crippen LogP contribution in [0.15, 0.2) is 0 Å². The Bertz CT molecular complexity index is 412. The molecule has 2 atom stereocenters. The Morgan fingerprint density at radius 3 is 2.38 bits per heavy atom. The van der Waals surface area contributed by atoms with Gasteiger partial charge in [0.05, 0.1) is 5.75 Å². The molecule has 1 fully saturated rings. The number of hydrogen-bond donors (Lipinski definition) is 1. The van der Waals surface area contributed by atoms with Crippen molar-refractivity contribution in [3.05, 3.63) is 0 Å². The maximum atomic E-state index is 11.7. The average molecular weight is 319 g/mol. The van der Waals surface area contributed by atoms with E-state index in [4.69, 9.17) is 0 Å². The van der Waals surface area contributed by atoms with Gasteiger partial charge in [-0.2, -0.15) is 0 Å². The van der Waals surface area contributed by atoms with Gasteiger partial charge in [-0.15, -0.1) is 0 Å². The van der Waals surface area contributed by atoms with Crippen LogP contribution in [0.1, 0.15) is 48.0 Å². The minimum absolute atomic E-state index is 0.207. The van der Waals surface area contributed by atoms with E-state index in [1.807, 2.05) is 0 Å². The molecule has 1 heterocycles. The van der Waals surface area contributed by atoms with Gasteiger partial charge in [-0.3, -0.25) is 4.90 Å². The zero-order valence-electron chi connectivity index (χ0n) is 14.6. The third kappa shape index (κ3) is 5.87. The molecule has 126 valence electrons. The molecule has 2 unspecified atom stereocenters. The molecule has 1 N–H and O–H groups in total. The van der Waals surface area contributed by atoms with Gasteiger partial charge in [0.2, 0.25) is 0 Å². The Balaban J connectivity index is 2.66. The van der Waals surface area contributed by atoms with Gasteiger partial charge in [-0.05, 0) is 24.3 Å². The van der Waals surface area contributed by atoms with Gasteiger partial charge in [-0.25, -0.2) is 8.42 Å². The van der Waals surface area contributed by atoms with E-state index in [9.17, 15) is 8.42 Å². The number of hydrogen-bond acceptors (Lipinski definition) is 4. The molecule has 5 heteroatoms. The molecule has 1 aliphatic heterocycles. The summed E-state index contributed by atoms with van der Waals surface area (Å²) >= 11 is 0. The summed E-state index contributed by atoms with van der Waals surface area (Å²) < 4.78 is 23.3.